The Bertz CT molecular complexity index is 1460. The fraction of sp³-hybridized carbons (Fsp3) is 0.516. The molecular formula is C31H35ClF3N5O3. The molecule has 0 saturated carbocycles. The van der Waals surface area contributed by atoms with Gasteiger partial charge < -0.3 is 19.4 Å². The van der Waals surface area contributed by atoms with Crippen LogP contribution in [0.4, 0.5) is 19.0 Å². The number of likely N-dealkylation sites (tertiary alicyclic amines) is 1. The summed E-state index contributed by atoms with van der Waals surface area (Å²) in [5.74, 6) is -3.28. The predicted octanol–water partition coefficient (Wildman–Crippen LogP) is 4.86. The van der Waals surface area contributed by atoms with E-state index in [0.29, 0.717) is 25.3 Å². The van der Waals surface area contributed by atoms with E-state index in [4.69, 9.17) is 21.3 Å². The number of benzene rings is 1. The number of rotatable bonds is 4. The first-order valence-corrected chi connectivity index (χ1v) is 15.0. The number of hydrogen-bond acceptors (Lipinski definition) is 6. The van der Waals surface area contributed by atoms with Crippen LogP contribution in [0.15, 0.2) is 36.9 Å². The first-order chi connectivity index (χ1) is 20.4. The molecule has 1 aromatic heterocycles. The van der Waals surface area contributed by atoms with Gasteiger partial charge in [0.2, 0.25) is 5.91 Å². The maximum atomic E-state index is 15.1. The van der Waals surface area contributed by atoms with E-state index in [1.54, 1.807) is 28.0 Å². The van der Waals surface area contributed by atoms with Crippen molar-refractivity contribution in [3.05, 3.63) is 53.3 Å². The van der Waals surface area contributed by atoms with Crippen molar-refractivity contribution >= 4 is 29.2 Å². The van der Waals surface area contributed by atoms with E-state index in [1.165, 1.54) is 12.1 Å². The number of ether oxygens (including phenoxy) is 1. The number of aromatic nitrogens is 1. The number of carbonyl (C=O) groups is 2. The number of pyridine rings is 1. The second-order valence-electron chi connectivity index (χ2n) is 12.4. The van der Waals surface area contributed by atoms with E-state index in [1.807, 2.05) is 18.7 Å². The van der Waals surface area contributed by atoms with Crippen molar-refractivity contribution in [2.75, 3.05) is 50.8 Å². The fourth-order valence-corrected chi connectivity index (χ4v) is 7.14. The second kappa shape index (κ2) is 11.0. The van der Waals surface area contributed by atoms with E-state index in [2.05, 4.69) is 11.5 Å². The third-order valence-corrected chi connectivity index (χ3v) is 9.58. The van der Waals surface area contributed by atoms with Gasteiger partial charge in [-0.1, -0.05) is 30.3 Å². The number of anilines is 1. The molecule has 230 valence electrons. The molecule has 0 N–H and O–H groups in total. The second-order valence-corrected chi connectivity index (χ2v) is 12.8. The molecule has 8 nitrogen and oxygen atoms in total. The Morgan fingerprint density at radius 2 is 1.84 bits per heavy atom. The Kier molecular flexibility index (Phi) is 7.61. The Hall–Kier alpha value is -3.31. The first kappa shape index (κ1) is 29.7. The SMILES string of the molecule is C=CC(=O)N1CCN2C(=O)c3c(N4CC(N5CCC(F)(F)CC5)CC4(C)C)nc(-c4ccccc4F)c(Cl)c3OCC2C1. The van der Waals surface area contributed by atoms with Crippen LogP contribution in [0, 0.1) is 5.82 Å². The fourth-order valence-electron chi connectivity index (χ4n) is 6.85. The van der Waals surface area contributed by atoms with Gasteiger partial charge in [0.1, 0.15) is 28.8 Å². The highest BCUT2D eigenvalue weighted by atomic mass is 35.5. The van der Waals surface area contributed by atoms with Gasteiger partial charge in [0.05, 0.1) is 11.7 Å². The molecule has 0 bridgehead atoms. The Morgan fingerprint density at radius 3 is 2.53 bits per heavy atom. The Balaban J connectivity index is 1.44. The van der Waals surface area contributed by atoms with Crippen LogP contribution in [0.1, 0.15) is 43.5 Å². The number of fused-ring (bicyclic) bond motifs is 2. The normalized spacial score (nSPS) is 25.1. The maximum absolute atomic E-state index is 15.1. The molecule has 0 radical (unpaired) electrons. The quantitative estimate of drug-likeness (QED) is 0.457. The lowest BCUT2D eigenvalue weighted by molar-refractivity contribution is -0.128. The summed E-state index contributed by atoms with van der Waals surface area (Å²) in [6.45, 7) is 9.60. The van der Waals surface area contributed by atoms with Crippen molar-refractivity contribution in [1.82, 2.24) is 19.7 Å². The minimum absolute atomic E-state index is 0.0304. The third-order valence-electron chi connectivity index (χ3n) is 9.23. The molecule has 2 aromatic rings. The molecule has 12 heteroatoms. The number of hydrogen-bond donors (Lipinski definition) is 0. The van der Waals surface area contributed by atoms with E-state index in [9.17, 15) is 18.4 Å². The van der Waals surface area contributed by atoms with Gasteiger partial charge in [-0.25, -0.2) is 18.2 Å². The zero-order chi connectivity index (χ0) is 30.7. The van der Waals surface area contributed by atoms with Gasteiger partial charge in [-0.05, 0) is 38.5 Å². The highest BCUT2D eigenvalue weighted by Gasteiger charge is 2.48. The van der Waals surface area contributed by atoms with Gasteiger partial charge in [-0.3, -0.25) is 14.5 Å². The molecule has 4 aliphatic rings. The van der Waals surface area contributed by atoms with Crippen molar-refractivity contribution < 1.29 is 27.5 Å². The average molecular weight is 618 g/mol. The molecule has 0 spiro atoms. The van der Waals surface area contributed by atoms with Crippen molar-refractivity contribution in [3.63, 3.8) is 0 Å². The number of piperidine rings is 1. The van der Waals surface area contributed by atoms with Crippen LogP contribution in [0.2, 0.25) is 5.02 Å². The number of carbonyl (C=O) groups excluding carboxylic acids is 2. The smallest absolute Gasteiger partial charge is 0.261 e. The van der Waals surface area contributed by atoms with Crippen LogP contribution >= 0.6 is 11.6 Å². The molecular weight excluding hydrogens is 583 g/mol. The average Bonchev–Trinajstić information content (AvgIpc) is 3.21. The molecule has 1 aromatic carbocycles. The minimum atomic E-state index is -2.66. The third kappa shape index (κ3) is 5.35. The van der Waals surface area contributed by atoms with Crippen LogP contribution in [-0.4, -0.2) is 101 Å². The molecule has 4 aliphatic heterocycles. The standard InChI is InChI=1S/C31H35ClF3N5O3/c1-4-23(41)38-13-14-39-20(16-38)18-43-27-24(29(39)42)28(36-26(25(27)32)21-7-5-6-8-22(21)33)40-17-19(15-30(40,2)3)37-11-9-31(34,35)10-12-37/h4-8,19-20H,1,9-18H2,2-3H3. The topological polar surface area (TPSA) is 69.2 Å². The summed E-state index contributed by atoms with van der Waals surface area (Å²) >= 11 is 6.90. The molecule has 0 aliphatic carbocycles. The summed E-state index contributed by atoms with van der Waals surface area (Å²) in [5, 5.41) is 0.0304. The predicted molar refractivity (Wildman–Crippen MR) is 157 cm³/mol. The highest BCUT2D eigenvalue weighted by molar-refractivity contribution is 6.35. The van der Waals surface area contributed by atoms with Gasteiger partial charge in [0.25, 0.3) is 11.8 Å². The molecule has 5 heterocycles. The number of amides is 2. The minimum Gasteiger partial charge on any atom is -0.489 e. The van der Waals surface area contributed by atoms with Crippen molar-refractivity contribution in [3.8, 4) is 17.0 Å². The molecule has 3 fully saturated rings. The first-order valence-electron chi connectivity index (χ1n) is 14.6. The zero-order valence-corrected chi connectivity index (χ0v) is 25.0. The molecule has 2 amide bonds. The van der Waals surface area contributed by atoms with Crippen LogP contribution in [0.3, 0.4) is 0 Å². The van der Waals surface area contributed by atoms with Gasteiger partial charge in [-0.2, -0.15) is 0 Å². The van der Waals surface area contributed by atoms with E-state index in [-0.39, 0.29) is 91.1 Å². The van der Waals surface area contributed by atoms with Crippen molar-refractivity contribution in [2.24, 2.45) is 0 Å². The summed E-state index contributed by atoms with van der Waals surface area (Å²) in [6, 6.07) is 5.67. The molecule has 43 heavy (non-hydrogen) atoms. The van der Waals surface area contributed by atoms with Crippen LogP contribution in [0.5, 0.6) is 5.75 Å². The summed E-state index contributed by atoms with van der Waals surface area (Å²) < 4.78 is 49.3. The Morgan fingerprint density at radius 1 is 1.12 bits per heavy atom. The summed E-state index contributed by atoms with van der Waals surface area (Å²) in [6.07, 6.45) is 1.53. The van der Waals surface area contributed by atoms with Crippen LogP contribution in [0.25, 0.3) is 11.3 Å². The van der Waals surface area contributed by atoms with Gasteiger partial charge in [0, 0.05) is 69.3 Å². The van der Waals surface area contributed by atoms with E-state index >= 15 is 4.39 Å². The number of alkyl halides is 2. The summed E-state index contributed by atoms with van der Waals surface area (Å²) in [7, 11) is 0. The molecule has 2 atom stereocenters. The monoisotopic (exact) mass is 617 g/mol. The largest absolute Gasteiger partial charge is 0.489 e. The lowest BCUT2D eigenvalue weighted by Gasteiger charge is -2.40. The highest BCUT2D eigenvalue weighted by Crippen LogP contribution is 2.47. The lowest BCUT2D eigenvalue weighted by Crippen LogP contribution is -2.57. The van der Waals surface area contributed by atoms with E-state index < -0.39 is 23.3 Å². The van der Waals surface area contributed by atoms with Gasteiger partial charge in [-0.15, -0.1) is 0 Å². The van der Waals surface area contributed by atoms with Crippen LogP contribution in [-0.2, 0) is 4.79 Å². The molecule has 3 saturated heterocycles. The number of piperazine rings is 1. The molecule has 6 rings (SSSR count). The van der Waals surface area contributed by atoms with Crippen LogP contribution < -0.4 is 9.64 Å². The van der Waals surface area contributed by atoms with Crippen molar-refractivity contribution in [1.29, 1.82) is 0 Å². The lowest BCUT2D eigenvalue weighted by atomic mass is 9.97. The van der Waals surface area contributed by atoms with E-state index in [0.717, 1.165) is 0 Å². The zero-order valence-electron chi connectivity index (χ0n) is 24.3. The van der Waals surface area contributed by atoms with Gasteiger partial charge in [0.15, 0.2) is 5.75 Å². The van der Waals surface area contributed by atoms with Crippen molar-refractivity contribution in [2.45, 2.75) is 56.7 Å². The summed E-state index contributed by atoms with van der Waals surface area (Å²) in [4.78, 5) is 39.0. The maximum Gasteiger partial charge on any atom is 0.261 e. The summed E-state index contributed by atoms with van der Waals surface area (Å²) in [5.41, 5.74) is -0.00655. The molecule has 2 unspecified atom stereocenters. The number of nitrogens with zero attached hydrogens (tertiary/aromatic N) is 5. The Labute approximate surface area is 254 Å². The van der Waals surface area contributed by atoms with Gasteiger partial charge >= 0.3 is 0 Å². The number of halogens is 4.